The average molecular weight is 157 g/mol. The highest BCUT2D eigenvalue weighted by Crippen LogP contribution is 2.18. The van der Waals surface area contributed by atoms with Crippen LogP contribution in [0.5, 0.6) is 0 Å². The van der Waals surface area contributed by atoms with Crippen molar-refractivity contribution in [2.75, 3.05) is 6.61 Å². The van der Waals surface area contributed by atoms with Crippen LogP contribution in [0.15, 0.2) is 0 Å². The van der Waals surface area contributed by atoms with Crippen molar-refractivity contribution in [1.29, 1.82) is 0 Å². The minimum Gasteiger partial charge on any atom is -0.464 e. The van der Waals surface area contributed by atoms with Crippen LogP contribution in [0.1, 0.15) is 20.3 Å². The van der Waals surface area contributed by atoms with Crippen LogP contribution in [0, 0.1) is 0 Å². The lowest BCUT2D eigenvalue weighted by atomic mass is 10.0. The molecule has 1 atom stereocenters. The van der Waals surface area contributed by atoms with Crippen molar-refractivity contribution in [3.8, 4) is 0 Å². The van der Waals surface area contributed by atoms with E-state index in [1.165, 1.54) is 6.92 Å². The van der Waals surface area contributed by atoms with Gasteiger partial charge in [-0.05, 0) is 6.92 Å². The SMILES string of the molecule is CC(=O)NC1(C)CCOC1=O. The molecule has 62 valence electrons. The predicted octanol–water partition coefficient (Wildman–Crippen LogP) is -0.172. The van der Waals surface area contributed by atoms with Gasteiger partial charge in [0.15, 0.2) is 0 Å². The van der Waals surface area contributed by atoms with Gasteiger partial charge >= 0.3 is 5.97 Å². The molecule has 4 nitrogen and oxygen atoms in total. The first-order valence-electron chi connectivity index (χ1n) is 3.50. The smallest absolute Gasteiger partial charge is 0.331 e. The second-order valence-corrected chi connectivity index (χ2v) is 2.90. The minimum atomic E-state index is -0.786. The van der Waals surface area contributed by atoms with Crippen molar-refractivity contribution in [2.24, 2.45) is 0 Å². The summed E-state index contributed by atoms with van der Waals surface area (Å²) in [7, 11) is 0. The topological polar surface area (TPSA) is 55.4 Å². The highest BCUT2D eigenvalue weighted by molar-refractivity contribution is 5.87. The van der Waals surface area contributed by atoms with Gasteiger partial charge in [0.1, 0.15) is 5.54 Å². The quantitative estimate of drug-likeness (QED) is 0.537. The van der Waals surface area contributed by atoms with Crippen LogP contribution >= 0.6 is 0 Å². The predicted molar refractivity (Wildman–Crippen MR) is 37.8 cm³/mol. The first-order chi connectivity index (χ1) is 5.04. The molecule has 1 aliphatic heterocycles. The van der Waals surface area contributed by atoms with E-state index >= 15 is 0 Å². The molecule has 4 heteroatoms. The van der Waals surface area contributed by atoms with Gasteiger partial charge in [0.2, 0.25) is 5.91 Å². The van der Waals surface area contributed by atoms with Crippen molar-refractivity contribution >= 4 is 11.9 Å². The van der Waals surface area contributed by atoms with E-state index in [4.69, 9.17) is 4.74 Å². The largest absolute Gasteiger partial charge is 0.464 e. The maximum atomic E-state index is 11.0. The standard InChI is InChI=1S/C7H11NO3/c1-5(9)8-7(2)3-4-11-6(7)10/h3-4H2,1-2H3,(H,8,9). The van der Waals surface area contributed by atoms with Crippen molar-refractivity contribution in [3.63, 3.8) is 0 Å². The van der Waals surface area contributed by atoms with Crippen LogP contribution in [0.2, 0.25) is 0 Å². The Labute approximate surface area is 64.9 Å². The van der Waals surface area contributed by atoms with Gasteiger partial charge in [-0.3, -0.25) is 4.79 Å². The Hall–Kier alpha value is -1.06. The minimum absolute atomic E-state index is 0.202. The Morgan fingerprint density at radius 1 is 1.73 bits per heavy atom. The maximum absolute atomic E-state index is 11.0. The summed E-state index contributed by atoms with van der Waals surface area (Å²) in [5.41, 5.74) is -0.786. The molecule has 0 bridgehead atoms. The number of hydrogen-bond donors (Lipinski definition) is 1. The fraction of sp³-hybridized carbons (Fsp3) is 0.714. The third-order valence-electron chi connectivity index (χ3n) is 1.74. The molecule has 0 saturated carbocycles. The number of nitrogens with one attached hydrogen (secondary N) is 1. The van der Waals surface area contributed by atoms with Gasteiger partial charge < -0.3 is 10.1 Å². The molecule has 1 aliphatic rings. The summed E-state index contributed by atoms with van der Waals surface area (Å²) >= 11 is 0. The number of carbonyl (C=O) groups excluding carboxylic acids is 2. The Kier molecular flexibility index (Phi) is 1.85. The first-order valence-corrected chi connectivity index (χ1v) is 3.50. The fourth-order valence-electron chi connectivity index (χ4n) is 1.11. The van der Waals surface area contributed by atoms with E-state index in [0.29, 0.717) is 13.0 Å². The van der Waals surface area contributed by atoms with Crippen molar-refractivity contribution in [2.45, 2.75) is 25.8 Å². The summed E-state index contributed by atoms with van der Waals surface area (Å²) in [6, 6.07) is 0. The molecule has 1 N–H and O–H groups in total. The maximum Gasteiger partial charge on any atom is 0.331 e. The van der Waals surface area contributed by atoms with Crippen LogP contribution in [0.4, 0.5) is 0 Å². The van der Waals surface area contributed by atoms with E-state index in [0.717, 1.165) is 0 Å². The molecular formula is C7H11NO3. The summed E-state index contributed by atoms with van der Waals surface area (Å²) in [6.07, 6.45) is 0.561. The summed E-state index contributed by atoms with van der Waals surface area (Å²) < 4.78 is 4.72. The molecule has 1 unspecified atom stereocenters. The monoisotopic (exact) mass is 157 g/mol. The summed E-state index contributed by atoms with van der Waals surface area (Å²) in [5, 5.41) is 2.55. The van der Waals surface area contributed by atoms with Crippen molar-refractivity contribution < 1.29 is 14.3 Å². The molecule has 0 spiro atoms. The second kappa shape index (κ2) is 2.53. The highest BCUT2D eigenvalue weighted by Gasteiger charge is 2.40. The van der Waals surface area contributed by atoms with Crippen LogP contribution in [0.25, 0.3) is 0 Å². The van der Waals surface area contributed by atoms with Gasteiger partial charge in [-0.1, -0.05) is 0 Å². The van der Waals surface area contributed by atoms with E-state index in [1.54, 1.807) is 6.92 Å². The van der Waals surface area contributed by atoms with Crippen LogP contribution in [0.3, 0.4) is 0 Å². The van der Waals surface area contributed by atoms with Gasteiger partial charge in [0.25, 0.3) is 0 Å². The number of rotatable bonds is 1. The van der Waals surface area contributed by atoms with Gasteiger partial charge in [-0.15, -0.1) is 0 Å². The Bertz CT molecular complexity index is 202. The van der Waals surface area contributed by atoms with Crippen molar-refractivity contribution in [3.05, 3.63) is 0 Å². The van der Waals surface area contributed by atoms with Gasteiger partial charge in [0.05, 0.1) is 6.61 Å². The van der Waals surface area contributed by atoms with E-state index in [9.17, 15) is 9.59 Å². The third kappa shape index (κ3) is 1.50. The molecule has 0 radical (unpaired) electrons. The Morgan fingerprint density at radius 2 is 2.36 bits per heavy atom. The van der Waals surface area contributed by atoms with Crippen LogP contribution < -0.4 is 5.32 Å². The fourth-order valence-corrected chi connectivity index (χ4v) is 1.11. The first kappa shape index (κ1) is 8.04. The van der Waals surface area contributed by atoms with Crippen molar-refractivity contribution in [1.82, 2.24) is 5.32 Å². The lowest BCUT2D eigenvalue weighted by Gasteiger charge is -2.18. The molecule has 1 saturated heterocycles. The van der Waals surface area contributed by atoms with Crippen LogP contribution in [-0.2, 0) is 14.3 Å². The molecular weight excluding hydrogens is 146 g/mol. The number of cyclic esters (lactones) is 1. The highest BCUT2D eigenvalue weighted by atomic mass is 16.5. The van der Waals surface area contributed by atoms with E-state index in [1.807, 2.05) is 0 Å². The second-order valence-electron chi connectivity index (χ2n) is 2.90. The molecule has 0 aromatic carbocycles. The average Bonchev–Trinajstić information content (AvgIpc) is 2.11. The van der Waals surface area contributed by atoms with Crippen LogP contribution in [-0.4, -0.2) is 24.0 Å². The molecule has 1 fully saturated rings. The molecule has 0 aromatic heterocycles. The molecule has 1 heterocycles. The number of ether oxygens (including phenoxy) is 1. The number of carbonyl (C=O) groups is 2. The lowest BCUT2D eigenvalue weighted by molar-refractivity contribution is -0.144. The molecule has 0 aromatic rings. The summed E-state index contributed by atoms with van der Waals surface area (Å²) in [5.74, 6) is -0.543. The zero-order valence-corrected chi connectivity index (χ0v) is 6.64. The molecule has 1 amide bonds. The Balaban J connectivity index is 2.65. The zero-order valence-electron chi connectivity index (χ0n) is 6.64. The molecule has 1 rings (SSSR count). The zero-order chi connectivity index (χ0) is 8.48. The lowest BCUT2D eigenvalue weighted by Crippen LogP contribution is -2.48. The van der Waals surface area contributed by atoms with Gasteiger partial charge in [-0.25, -0.2) is 4.79 Å². The normalized spacial score (nSPS) is 29.8. The summed E-state index contributed by atoms with van der Waals surface area (Å²) in [4.78, 5) is 21.6. The molecule has 0 aliphatic carbocycles. The van der Waals surface area contributed by atoms with Gasteiger partial charge in [-0.2, -0.15) is 0 Å². The number of hydrogen-bond acceptors (Lipinski definition) is 3. The molecule has 11 heavy (non-hydrogen) atoms. The van der Waals surface area contributed by atoms with E-state index in [2.05, 4.69) is 5.32 Å². The van der Waals surface area contributed by atoms with E-state index < -0.39 is 5.54 Å². The Morgan fingerprint density at radius 3 is 2.73 bits per heavy atom. The van der Waals surface area contributed by atoms with E-state index in [-0.39, 0.29) is 11.9 Å². The summed E-state index contributed by atoms with van der Waals surface area (Å²) in [6.45, 7) is 3.45. The number of amides is 1. The number of esters is 1. The van der Waals surface area contributed by atoms with Gasteiger partial charge in [0, 0.05) is 13.3 Å². The third-order valence-corrected chi connectivity index (χ3v) is 1.74.